The van der Waals surface area contributed by atoms with Crippen molar-refractivity contribution in [2.24, 2.45) is 5.73 Å². The molecule has 0 bridgehead atoms. The van der Waals surface area contributed by atoms with Crippen molar-refractivity contribution in [1.29, 1.82) is 0 Å². The van der Waals surface area contributed by atoms with Gasteiger partial charge in [-0.15, -0.1) is 0 Å². The van der Waals surface area contributed by atoms with E-state index in [1.807, 2.05) is 22.9 Å². The molecule has 0 atom stereocenters. The lowest BCUT2D eigenvalue weighted by Crippen LogP contribution is -2.16. The number of hydrogen-bond acceptors (Lipinski definition) is 3. The van der Waals surface area contributed by atoms with Crippen LogP contribution in [0.4, 0.5) is 0 Å². The van der Waals surface area contributed by atoms with Crippen molar-refractivity contribution in [2.75, 3.05) is 11.5 Å². The minimum atomic E-state index is -2.88. The second-order valence-corrected chi connectivity index (χ2v) is 5.61. The zero-order chi connectivity index (χ0) is 10.6. The van der Waals surface area contributed by atoms with E-state index in [0.29, 0.717) is 13.1 Å². The number of aryl methyl sites for hydroxylation is 1. The zero-order valence-electron chi connectivity index (χ0n) is 8.31. The summed E-state index contributed by atoms with van der Waals surface area (Å²) in [4.78, 5) is 0. The highest BCUT2D eigenvalue weighted by Crippen LogP contribution is 2.02. The van der Waals surface area contributed by atoms with Gasteiger partial charge in [-0.3, -0.25) is 0 Å². The first-order chi connectivity index (χ1) is 6.59. The Hall–Kier alpha value is -0.810. The van der Waals surface area contributed by atoms with Gasteiger partial charge in [0, 0.05) is 30.7 Å². The largest absolute Gasteiger partial charge is 0.349 e. The van der Waals surface area contributed by atoms with Crippen molar-refractivity contribution in [3.63, 3.8) is 0 Å². The van der Waals surface area contributed by atoms with E-state index in [1.165, 1.54) is 0 Å². The normalized spacial score (nSPS) is 11.9. The minimum Gasteiger partial charge on any atom is -0.349 e. The maximum absolute atomic E-state index is 11.2. The van der Waals surface area contributed by atoms with Crippen molar-refractivity contribution in [3.05, 3.63) is 24.0 Å². The summed E-state index contributed by atoms with van der Waals surface area (Å²) in [5.74, 6) is 0.386. The third kappa shape index (κ3) is 2.85. The molecule has 0 amide bonds. The molecule has 1 heterocycles. The summed E-state index contributed by atoms with van der Waals surface area (Å²) in [5, 5.41) is 0. The Balaban J connectivity index is 2.62. The van der Waals surface area contributed by atoms with Gasteiger partial charge in [-0.2, -0.15) is 0 Å². The van der Waals surface area contributed by atoms with Crippen LogP contribution in [0.1, 0.15) is 12.6 Å². The summed E-state index contributed by atoms with van der Waals surface area (Å²) in [6, 6.07) is 3.78. The Bertz CT molecular complexity index is 381. The van der Waals surface area contributed by atoms with Gasteiger partial charge in [0.2, 0.25) is 0 Å². The molecular formula is C9H16N2O2S. The summed E-state index contributed by atoms with van der Waals surface area (Å²) in [6.45, 7) is 2.60. The third-order valence-electron chi connectivity index (χ3n) is 2.22. The highest BCUT2D eigenvalue weighted by Gasteiger charge is 2.08. The average molecular weight is 216 g/mol. The smallest absolute Gasteiger partial charge is 0.151 e. The highest BCUT2D eigenvalue weighted by atomic mass is 32.2. The molecule has 0 radical (unpaired) electrons. The van der Waals surface area contributed by atoms with E-state index in [-0.39, 0.29) is 11.5 Å². The average Bonchev–Trinajstić information content (AvgIpc) is 2.62. The van der Waals surface area contributed by atoms with Crippen LogP contribution in [0.2, 0.25) is 0 Å². The van der Waals surface area contributed by atoms with Crippen LogP contribution in [0.5, 0.6) is 0 Å². The molecule has 0 spiro atoms. The molecule has 4 nitrogen and oxygen atoms in total. The molecule has 0 aliphatic rings. The summed E-state index contributed by atoms with van der Waals surface area (Å²) in [6.07, 6.45) is 1.85. The Labute approximate surface area is 84.6 Å². The van der Waals surface area contributed by atoms with Crippen molar-refractivity contribution in [1.82, 2.24) is 4.57 Å². The molecule has 2 N–H and O–H groups in total. The first-order valence-corrected chi connectivity index (χ1v) is 6.45. The standard InChI is InChI=1S/C9H16N2O2S/c1-2-14(12,13)7-6-11-5-3-4-9(11)8-10/h3-5H,2,6-8,10H2,1H3. The number of aromatic nitrogens is 1. The summed E-state index contributed by atoms with van der Waals surface area (Å²) in [5.41, 5.74) is 6.47. The van der Waals surface area contributed by atoms with Gasteiger partial charge in [-0.1, -0.05) is 6.92 Å². The molecule has 1 aromatic heterocycles. The van der Waals surface area contributed by atoms with Crippen LogP contribution in [0.3, 0.4) is 0 Å². The van der Waals surface area contributed by atoms with Crippen LogP contribution in [-0.4, -0.2) is 24.5 Å². The van der Waals surface area contributed by atoms with Crippen molar-refractivity contribution in [2.45, 2.75) is 20.0 Å². The van der Waals surface area contributed by atoms with Crippen molar-refractivity contribution in [3.8, 4) is 0 Å². The molecular weight excluding hydrogens is 200 g/mol. The molecule has 1 rings (SSSR count). The minimum absolute atomic E-state index is 0.186. The van der Waals surface area contributed by atoms with Gasteiger partial charge < -0.3 is 10.3 Å². The molecule has 0 unspecified atom stereocenters. The predicted octanol–water partition coefficient (Wildman–Crippen LogP) is 0.382. The number of sulfone groups is 1. The van der Waals surface area contributed by atoms with Gasteiger partial charge in [0.1, 0.15) is 0 Å². The molecule has 0 saturated carbocycles. The molecule has 0 aromatic carbocycles. The fraction of sp³-hybridized carbons (Fsp3) is 0.556. The highest BCUT2D eigenvalue weighted by molar-refractivity contribution is 7.91. The third-order valence-corrected chi connectivity index (χ3v) is 3.90. The van der Waals surface area contributed by atoms with Crippen LogP contribution in [0.25, 0.3) is 0 Å². The molecule has 0 aliphatic heterocycles. The van der Waals surface area contributed by atoms with Gasteiger partial charge in [-0.05, 0) is 12.1 Å². The van der Waals surface area contributed by atoms with E-state index in [4.69, 9.17) is 5.73 Å². The summed E-state index contributed by atoms with van der Waals surface area (Å²) >= 11 is 0. The molecule has 1 aromatic rings. The van der Waals surface area contributed by atoms with Crippen LogP contribution in [0.15, 0.2) is 18.3 Å². The first kappa shape index (κ1) is 11.3. The Morgan fingerprint density at radius 1 is 1.50 bits per heavy atom. The molecule has 5 heteroatoms. The van der Waals surface area contributed by atoms with E-state index in [1.54, 1.807) is 6.92 Å². The number of nitrogens with two attached hydrogens (primary N) is 1. The maximum atomic E-state index is 11.2. The van der Waals surface area contributed by atoms with Gasteiger partial charge in [0.15, 0.2) is 9.84 Å². The fourth-order valence-corrected chi connectivity index (χ4v) is 2.00. The molecule has 14 heavy (non-hydrogen) atoms. The fourth-order valence-electron chi connectivity index (χ4n) is 1.23. The van der Waals surface area contributed by atoms with E-state index < -0.39 is 9.84 Å². The summed E-state index contributed by atoms with van der Waals surface area (Å²) in [7, 11) is -2.88. The van der Waals surface area contributed by atoms with Crippen molar-refractivity contribution >= 4 is 9.84 Å². The number of rotatable bonds is 5. The van der Waals surface area contributed by atoms with Crippen LogP contribution >= 0.6 is 0 Å². The lowest BCUT2D eigenvalue weighted by molar-refractivity contribution is 0.588. The van der Waals surface area contributed by atoms with Crippen LogP contribution in [0, 0.1) is 0 Å². The van der Waals surface area contributed by atoms with E-state index >= 15 is 0 Å². The van der Waals surface area contributed by atoms with Gasteiger partial charge in [0.05, 0.1) is 5.75 Å². The Morgan fingerprint density at radius 3 is 2.79 bits per heavy atom. The quantitative estimate of drug-likeness (QED) is 0.774. The van der Waals surface area contributed by atoms with E-state index in [9.17, 15) is 8.42 Å². The topological polar surface area (TPSA) is 65.1 Å². The molecule has 0 saturated heterocycles. The van der Waals surface area contributed by atoms with Crippen LogP contribution < -0.4 is 5.73 Å². The number of nitrogens with zero attached hydrogens (tertiary/aromatic N) is 1. The second-order valence-electron chi connectivity index (χ2n) is 3.13. The Morgan fingerprint density at radius 2 is 2.21 bits per heavy atom. The summed E-state index contributed by atoms with van der Waals surface area (Å²) < 4.78 is 24.4. The zero-order valence-corrected chi connectivity index (χ0v) is 9.13. The second kappa shape index (κ2) is 4.61. The van der Waals surface area contributed by atoms with E-state index in [0.717, 1.165) is 5.69 Å². The van der Waals surface area contributed by atoms with Gasteiger partial charge >= 0.3 is 0 Å². The predicted molar refractivity (Wildman–Crippen MR) is 56.7 cm³/mol. The molecule has 0 fully saturated rings. The van der Waals surface area contributed by atoms with Crippen molar-refractivity contribution < 1.29 is 8.42 Å². The van der Waals surface area contributed by atoms with Crippen LogP contribution in [-0.2, 0) is 22.9 Å². The number of hydrogen-bond donors (Lipinski definition) is 1. The van der Waals surface area contributed by atoms with Gasteiger partial charge in [0.25, 0.3) is 0 Å². The van der Waals surface area contributed by atoms with E-state index in [2.05, 4.69) is 0 Å². The Kier molecular flexibility index (Phi) is 3.71. The first-order valence-electron chi connectivity index (χ1n) is 4.63. The maximum Gasteiger partial charge on any atom is 0.151 e. The molecule has 0 aliphatic carbocycles. The van der Waals surface area contributed by atoms with Gasteiger partial charge in [-0.25, -0.2) is 8.42 Å². The molecule has 80 valence electrons. The SMILES string of the molecule is CCS(=O)(=O)CCn1cccc1CN. The monoisotopic (exact) mass is 216 g/mol. The lowest BCUT2D eigenvalue weighted by atomic mass is 10.4. The lowest BCUT2D eigenvalue weighted by Gasteiger charge is -2.07.